The summed E-state index contributed by atoms with van der Waals surface area (Å²) >= 11 is 11.5. The molecule has 0 spiro atoms. The Bertz CT molecular complexity index is 491. The maximum absolute atomic E-state index is 11.3. The quantitative estimate of drug-likeness (QED) is 0.831. The lowest BCUT2D eigenvalue weighted by atomic mass is 10.3. The molecule has 1 aromatic carbocycles. The maximum atomic E-state index is 11.3. The van der Waals surface area contributed by atoms with E-state index < -0.39 is 12.1 Å². The molecule has 0 saturated carbocycles. The van der Waals surface area contributed by atoms with Gasteiger partial charge in [-0.05, 0) is 25.1 Å². The van der Waals surface area contributed by atoms with Crippen LogP contribution in [0.4, 0.5) is 15.3 Å². The Morgan fingerprint density at radius 3 is 2.61 bits per heavy atom. The number of carbonyl (C=O) groups is 2. The van der Waals surface area contributed by atoms with Crippen molar-refractivity contribution < 1.29 is 14.3 Å². The van der Waals surface area contributed by atoms with E-state index in [1.54, 1.807) is 6.92 Å². The monoisotopic (exact) mass is 289 g/mol. The van der Waals surface area contributed by atoms with Crippen LogP contribution in [0.1, 0.15) is 6.92 Å². The van der Waals surface area contributed by atoms with E-state index in [0.29, 0.717) is 10.7 Å². The molecule has 8 heteroatoms. The molecule has 96 valence electrons. The molecule has 0 aliphatic carbocycles. The Kier molecular flexibility index (Phi) is 5.54. The van der Waals surface area contributed by atoms with Crippen molar-refractivity contribution in [1.82, 2.24) is 0 Å². The minimum atomic E-state index is -0.929. The van der Waals surface area contributed by atoms with Crippen molar-refractivity contribution in [2.45, 2.75) is 6.92 Å². The van der Waals surface area contributed by atoms with Crippen LogP contribution >= 0.6 is 23.2 Å². The molecule has 0 radical (unpaired) electrons. The summed E-state index contributed by atoms with van der Waals surface area (Å²) in [6, 6.07) is 3.68. The van der Waals surface area contributed by atoms with Crippen molar-refractivity contribution in [3.63, 3.8) is 0 Å². The van der Waals surface area contributed by atoms with Crippen molar-refractivity contribution in [3.8, 4) is 0 Å². The van der Waals surface area contributed by atoms with Gasteiger partial charge in [0, 0.05) is 5.69 Å². The molecule has 1 aromatic rings. The molecular formula is C10H9Cl2N3O3. The number of hydrogen-bond acceptors (Lipinski definition) is 3. The van der Waals surface area contributed by atoms with Crippen LogP contribution in [-0.4, -0.2) is 18.7 Å². The largest absolute Gasteiger partial charge is 0.452 e. The number of amides is 3. The molecule has 0 atom stereocenters. The zero-order valence-electron chi connectivity index (χ0n) is 9.31. The van der Waals surface area contributed by atoms with Gasteiger partial charge in [0.25, 0.3) is 0 Å². The fraction of sp³-hybridized carbons (Fsp3) is 0.200. The van der Waals surface area contributed by atoms with E-state index in [4.69, 9.17) is 23.2 Å². The van der Waals surface area contributed by atoms with Crippen LogP contribution in [0.2, 0.25) is 10.0 Å². The lowest BCUT2D eigenvalue weighted by molar-refractivity contribution is 0.161. The second kappa shape index (κ2) is 6.93. The lowest BCUT2D eigenvalue weighted by Gasteiger charge is -2.02. The summed E-state index contributed by atoms with van der Waals surface area (Å²) in [7, 11) is 0. The summed E-state index contributed by atoms with van der Waals surface area (Å²) in [5, 5.41) is 9.17. The van der Waals surface area contributed by atoms with Gasteiger partial charge in [-0.3, -0.25) is 0 Å². The molecule has 3 amide bonds. The van der Waals surface area contributed by atoms with Crippen molar-refractivity contribution >= 4 is 41.0 Å². The van der Waals surface area contributed by atoms with Gasteiger partial charge < -0.3 is 10.1 Å². The van der Waals surface area contributed by atoms with Gasteiger partial charge in [0.05, 0.1) is 16.7 Å². The first-order valence-electron chi connectivity index (χ1n) is 4.87. The molecule has 0 saturated heterocycles. The standard InChI is InChI=1S/C10H9Cl2N3O3/c1-2-18-10(17)15-14-9(16)13-6-3-4-7(11)8(12)5-6/h3-5H,2H2,1H3,(H,13,16)/b15-14+. The molecule has 6 nitrogen and oxygen atoms in total. The van der Waals surface area contributed by atoms with Gasteiger partial charge in [0.2, 0.25) is 0 Å². The summed E-state index contributed by atoms with van der Waals surface area (Å²) in [5.74, 6) is 0. The molecule has 0 aliphatic heterocycles. The third-order valence-electron chi connectivity index (χ3n) is 1.66. The van der Waals surface area contributed by atoms with Crippen LogP contribution in [-0.2, 0) is 4.74 Å². The Hall–Kier alpha value is -1.66. The Morgan fingerprint density at radius 2 is 2.00 bits per heavy atom. The first-order valence-corrected chi connectivity index (χ1v) is 5.63. The van der Waals surface area contributed by atoms with E-state index in [1.807, 2.05) is 0 Å². The van der Waals surface area contributed by atoms with Crippen molar-refractivity contribution in [2.24, 2.45) is 10.2 Å². The first kappa shape index (κ1) is 14.4. The fourth-order valence-corrected chi connectivity index (χ4v) is 1.26. The van der Waals surface area contributed by atoms with Gasteiger partial charge in [-0.25, -0.2) is 9.59 Å². The average molecular weight is 290 g/mol. The van der Waals surface area contributed by atoms with Crippen LogP contribution in [0.25, 0.3) is 0 Å². The molecule has 1 rings (SSSR count). The zero-order chi connectivity index (χ0) is 13.5. The van der Waals surface area contributed by atoms with E-state index in [0.717, 1.165) is 0 Å². The van der Waals surface area contributed by atoms with E-state index >= 15 is 0 Å². The Morgan fingerprint density at radius 1 is 1.28 bits per heavy atom. The number of nitrogens with zero attached hydrogens (tertiary/aromatic N) is 2. The van der Waals surface area contributed by atoms with Gasteiger partial charge in [-0.1, -0.05) is 33.4 Å². The van der Waals surface area contributed by atoms with E-state index in [1.165, 1.54) is 18.2 Å². The maximum Gasteiger partial charge on any atom is 0.452 e. The number of benzene rings is 1. The highest BCUT2D eigenvalue weighted by Crippen LogP contribution is 2.24. The van der Waals surface area contributed by atoms with Crippen molar-refractivity contribution in [1.29, 1.82) is 0 Å². The van der Waals surface area contributed by atoms with Crippen molar-refractivity contribution in [2.75, 3.05) is 11.9 Å². The summed E-state index contributed by atoms with van der Waals surface area (Å²) in [5.41, 5.74) is 0.386. The molecule has 0 unspecified atom stereocenters. The molecule has 0 aromatic heterocycles. The third-order valence-corrected chi connectivity index (χ3v) is 2.40. The van der Waals surface area contributed by atoms with E-state index in [2.05, 4.69) is 20.3 Å². The minimum absolute atomic E-state index is 0.159. The van der Waals surface area contributed by atoms with Crippen LogP contribution in [0.5, 0.6) is 0 Å². The van der Waals surface area contributed by atoms with Gasteiger partial charge in [0.15, 0.2) is 0 Å². The third kappa shape index (κ3) is 4.68. The normalized spacial score (nSPS) is 10.4. The van der Waals surface area contributed by atoms with Gasteiger partial charge >= 0.3 is 12.1 Å². The lowest BCUT2D eigenvalue weighted by Crippen LogP contribution is -2.06. The topological polar surface area (TPSA) is 80.1 Å². The molecular weight excluding hydrogens is 281 g/mol. The highest BCUT2D eigenvalue weighted by atomic mass is 35.5. The Balaban J connectivity index is 2.59. The fourth-order valence-electron chi connectivity index (χ4n) is 0.961. The highest BCUT2D eigenvalue weighted by molar-refractivity contribution is 6.42. The van der Waals surface area contributed by atoms with E-state index in [9.17, 15) is 9.59 Å². The molecule has 0 aliphatic rings. The van der Waals surface area contributed by atoms with Gasteiger partial charge in [-0.2, -0.15) is 0 Å². The summed E-state index contributed by atoms with van der Waals surface area (Å²) in [6.07, 6.45) is -0.929. The van der Waals surface area contributed by atoms with Crippen LogP contribution < -0.4 is 5.32 Å². The number of urea groups is 1. The zero-order valence-corrected chi connectivity index (χ0v) is 10.8. The summed E-state index contributed by atoms with van der Waals surface area (Å²) in [6.45, 7) is 1.77. The first-order chi connectivity index (χ1) is 8.52. The van der Waals surface area contributed by atoms with Crippen LogP contribution in [0.15, 0.2) is 28.4 Å². The number of ether oxygens (including phenoxy) is 1. The molecule has 18 heavy (non-hydrogen) atoms. The second-order valence-electron chi connectivity index (χ2n) is 2.96. The summed E-state index contributed by atoms with van der Waals surface area (Å²) in [4.78, 5) is 22.1. The molecule has 0 bridgehead atoms. The second-order valence-corrected chi connectivity index (χ2v) is 3.77. The van der Waals surface area contributed by atoms with Gasteiger partial charge in [0.1, 0.15) is 0 Å². The van der Waals surface area contributed by atoms with E-state index in [-0.39, 0.29) is 11.6 Å². The number of carbonyl (C=O) groups excluding carboxylic acids is 2. The number of hydrogen-bond donors (Lipinski definition) is 1. The minimum Gasteiger partial charge on any atom is -0.447 e. The van der Waals surface area contributed by atoms with Gasteiger partial charge in [-0.15, -0.1) is 0 Å². The summed E-state index contributed by atoms with van der Waals surface area (Å²) < 4.78 is 4.46. The average Bonchev–Trinajstić information content (AvgIpc) is 2.32. The number of rotatable bonds is 2. The predicted molar refractivity (Wildman–Crippen MR) is 67.4 cm³/mol. The van der Waals surface area contributed by atoms with Crippen LogP contribution in [0.3, 0.4) is 0 Å². The molecule has 1 N–H and O–H groups in total. The predicted octanol–water partition coefficient (Wildman–Crippen LogP) is 4.13. The highest BCUT2D eigenvalue weighted by Gasteiger charge is 2.04. The number of nitrogens with one attached hydrogen (secondary N) is 1. The Labute approximate surface area is 113 Å². The number of halogens is 2. The number of anilines is 1. The van der Waals surface area contributed by atoms with Crippen molar-refractivity contribution in [3.05, 3.63) is 28.2 Å². The SMILES string of the molecule is CCOC(=O)/N=N/C(=O)Nc1ccc(Cl)c(Cl)c1. The molecule has 0 heterocycles. The molecule has 0 fully saturated rings. The van der Waals surface area contributed by atoms with Crippen LogP contribution in [0, 0.1) is 0 Å². The smallest absolute Gasteiger partial charge is 0.447 e. The number of azo groups is 1.